The zero-order valence-corrected chi connectivity index (χ0v) is 16.8. The van der Waals surface area contributed by atoms with Gasteiger partial charge in [0.15, 0.2) is 0 Å². The molecule has 0 saturated heterocycles. The molecule has 0 bridgehead atoms. The fourth-order valence-electron chi connectivity index (χ4n) is 3.00. The van der Waals surface area contributed by atoms with Crippen molar-refractivity contribution in [3.05, 3.63) is 80.7 Å². The molecule has 0 aliphatic rings. The summed E-state index contributed by atoms with van der Waals surface area (Å²) >= 11 is 5.88. The van der Waals surface area contributed by atoms with E-state index >= 15 is 0 Å². The molecule has 0 saturated carbocycles. The molecule has 0 unspecified atom stereocenters. The highest BCUT2D eigenvalue weighted by molar-refractivity contribution is 6.30. The largest absolute Gasteiger partial charge is 0.325 e. The lowest BCUT2D eigenvalue weighted by Gasteiger charge is -2.16. The summed E-state index contributed by atoms with van der Waals surface area (Å²) < 4.78 is 0. The van der Waals surface area contributed by atoms with Crippen LogP contribution in [0, 0.1) is 6.92 Å². The van der Waals surface area contributed by atoms with Crippen LogP contribution in [0.5, 0.6) is 0 Å². The highest BCUT2D eigenvalue weighted by Gasteiger charge is 2.14. The molecule has 1 heterocycles. The second-order valence-electron chi connectivity index (χ2n) is 7.01. The Labute approximate surface area is 168 Å². The van der Waals surface area contributed by atoms with E-state index in [1.807, 2.05) is 25.1 Å². The zero-order chi connectivity index (χ0) is 20.3. The number of nitrogens with zero attached hydrogens (tertiary/aromatic N) is 1. The number of aromatic amines is 1. The van der Waals surface area contributed by atoms with E-state index in [0.29, 0.717) is 16.4 Å². The van der Waals surface area contributed by atoms with E-state index in [-0.39, 0.29) is 23.8 Å². The van der Waals surface area contributed by atoms with Crippen molar-refractivity contribution in [2.45, 2.75) is 33.1 Å². The molecular formula is C22H22ClN3O2. The third-order valence-corrected chi connectivity index (χ3v) is 4.79. The van der Waals surface area contributed by atoms with Crippen LogP contribution in [-0.4, -0.2) is 15.9 Å². The first kappa shape index (κ1) is 19.8. The SMILES string of the molecule is Cc1cccc(C(C)C)c1NC(=O)Cc1cnc(-c2ccc(Cl)cc2)[nH]c1=O. The Balaban J connectivity index is 1.78. The molecule has 5 nitrogen and oxygen atoms in total. The van der Waals surface area contributed by atoms with E-state index in [4.69, 9.17) is 11.6 Å². The van der Waals surface area contributed by atoms with Crippen molar-refractivity contribution in [1.29, 1.82) is 0 Å². The van der Waals surface area contributed by atoms with E-state index in [0.717, 1.165) is 22.4 Å². The van der Waals surface area contributed by atoms with E-state index in [2.05, 4.69) is 29.1 Å². The number of carbonyl (C=O) groups excluding carboxylic acids is 1. The van der Waals surface area contributed by atoms with E-state index in [9.17, 15) is 9.59 Å². The summed E-state index contributed by atoms with van der Waals surface area (Å²) in [5.74, 6) is 0.466. The van der Waals surface area contributed by atoms with Crippen molar-refractivity contribution in [1.82, 2.24) is 9.97 Å². The van der Waals surface area contributed by atoms with Gasteiger partial charge in [-0.25, -0.2) is 4.98 Å². The van der Waals surface area contributed by atoms with Gasteiger partial charge < -0.3 is 10.3 Å². The minimum atomic E-state index is -0.330. The molecule has 0 fully saturated rings. The number of H-pyrrole nitrogens is 1. The predicted molar refractivity (Wildman–Crippen MR) is 113 cm³/mol. The highest BCUT2D eigenvalue weighted by atomic mass is 35.5. The molecule has 0 aliphatic heterocycles. The maximum Gasteiger partial charge on any atom is 0.254 e. The van der Waals surface area contributed by atoms with Crippen LogP contribution < -0.4 is 10.9 Å². The molecule has 3 rings (SSSR count). The molecule has 6 heteroatoms. The standard InChI is InChI=1S/C22H22ClN3O2/c1-13(2)18-6-4-5-14(3)20(18)25-19(27)11-16-12-24-21(26-22(16)28)15-7-9-17(23)10-8-15/h4-10,12-13H,11H2,1-3H3,(H,25,27)(H,24,26,28). The van der Waals surface area contributed by atoms with Crippen LogP contribution in [-0.2, 0) is 11.2 Å². The average molecular weight is 396 g/mol. The minimum Gasteiger partial charge on any atom is -0.325 e. The summed E-state index contributed by atoms with van der Waals surface area (Å²) in [6, 6.07) is 12.9. The van der Waals surface area contributed by atoms with Crippen molar-refractivity contribution >= 4 is 23.2 Å². The Morgan fingerprint density at radius 3 is 2.54 bits per heavy atom. The van der Waals surface area contributed by atoms with Gasteiger partial charge in [-0.1, -0.05) is 43.6 Å². The zero-order valence-electron chi connectivity index (χ0n) is 16.0. The number of hydrogen-bond acceptors (Lipinski definition) is 3. The Hall–Kier alpha value is -2.92. The van der Waals surface area contributed by atoms with Gasteiger partial charge in [-0.3, -0.25) is 9.59 Å². The van der Waals surface area contributed by atoms with Crippen LogP contribution in [0.3, 0.4) is 0 Å². The molecule has 2 N–H and O–H groups in total. The highest BCUT2D eigenvalue weighted by Crippen LogP contribution is 2.27. The number of nitrogens with one attached hydrogen (secondary N) is 2. The molecule has 1 amide bonds. The van der Waals surface area contributed by atoms with Crippen LogP contribution in [0.4, 0.5) is 5.69 Å². The lowest BCUT2D eigenvalue weighted by Crippen LogP contribution is -2.23. The smallest absolute Gasteiger partial charge is 0.254 e. The number of amides is 1. The number of hydrogen-bond donors (Lipinski definition) is 2. The fraction of sp³-hybridized carbons (Fsp3) is 0.227. The molecular weight excluding hydrogens is 374 g/mol. The van der Waals surface area contributed by atoms with Crippen molar-refractivity contribution in [3.8, 4) is 11.4 Å². The molecule has 144 valence electrons. The summed E-state index contributed by atoms with van der Waals surface area (Å²) in [7, 11) is 0. The van der Waals surface area contributed by atoms with Gasteiger partial charge in [0.2, 0.25) is 5.91 Å². The van der Waals surface area contributed by atoms with Crippen LogP contribution in [0.1, 0.15) is 36.5 Å². The maximum absolute atomic E-state index is 12.5. The van der Waals surface area contributed by atoms with Gasteiger partial charge in [0.05, 0.1) is 6.42 Å². The molecule has 1 aromatic heterocycles. The number of carbonyl (C=O) groups is 1. The van der Waals surface area contributed by atoms with Gasteiger partial charge in [-0.05, 0) is 48.2 Å². The summed E-state index contributed by atoms with van der Waals surface area (Å²) in [6.45, 7) is 6.11. The Bertz CT molecular complexity index is 1060. The molecule has 28 heavy (non-hydrogen) atoms. The van der Waals surface area contributed by atoms with E-state index < -0.39 is 0 Å². The van der Waals surface area contributed by atoms with Crippen molar-refractivity contribution in [2.24, 2.45) is 0 Å². The molecule has 0 spiro atoms. The van der Waals surface area contributed by atoms with E-state index in [1.165, 1.54) is 6.20 Å². The second kappa shape index (κ2) is 8.40. The van der Waals surface area contributed by atoms with Gasteiger partial charge in [-0.2, -0.15) is 0 Å². The summed E-state index contributed by atoms with van der Waals surface area (Å²) in [5.41, 5.74) is 3.60. The number of aromatic nitrogens is 2. The third kappa shape index (κ3) is 4.49. The lowest BCUT2D eigenvalue weighted by molar-refractivity contribution is -0.115. The normalized spacial score (nSPS) is 10.9. The van der Waals surface area contributed by atoms with Crippen LogP contribution in [0.15, 0.2) is 53.5 Å². The van der Waals surface area contributed by atoms with E-state index in [1.54, 1.807) is 24.3 Å². The fourth-order valence-corrected chi connectivity index (χ4v) is 3.13. The first-order chi connectivity index (χ1) is 13.3. The Morgan fingerprint density at radius 1 is 1.18 bits per heavy atom. The summed E-state index contributed by atoms with van der Waals surface area (Å²) in [5, 5.41) is 3.56. The van der Waals surface area contributed by atoms with Gasteiger partial charge in [0, 0.05) is 28.0 Å². The van der Waals surface area contributed by atoms with Gasteiger partial charge in [-0.15, -0.1) is 0 Å². The minimum absolute atomic E-state index is 0.0465. The number of anilines is 1. The van der Waals surface area contributed by atoms with Crippen molar-refractivity contribution < 1.29 is 4.79 Å². The molecule has 3 aromatic rings. The number of benzene rings is 2. The average Bonchev–Trinajstić information content (AvgIpc) is 2.65. The quantitative estimate of drug-likeness (QED) is 0.657. The summed E-state index contributed by atoms with van der Waals surface area (Å²) in [4.78, 5) is 32.0. The monoisotopic (exact) mass is 395 g/mol. The van der Waals surface area contributed by atoms with Crippen molar-refractivity contribution in [3.63, 3.8) is 0 Å². The molecule has 0 atom stereocenters. The Morgan fingerprint density at radius 2 is 1.89 bits per heavy atom. The first-order valence-electron chi connectivity index (χ1n) is 9.08. The topological polar surface area (TPSA) is 74.8 Å². The predicted octanol–water partition coefficient (Wildman–Crippen LogP) is 4.70. The Kier molecular flexibility index (Phi) is 5.95. The van der Waals surface area contributed by atoms with Gasteiger partial charge in [0.25, 0.3) is 5.56 Å². The van der Waals surface area contributed by atoms with Crippen molar-refractivity contribution in [2.75, 3.05) is 5.32 Å². The second-order valence-corrected chi connectivity index (χ2v) is 7.45. The molecule has 0 aliphatic carbocycles. The molecule has 2 aromatic carbocycles. The first-order valence-corrected chi connectivity index (χ1v) is 9.46. The van der Waals surface area contributed by atoms with Crippen LogP contribution >= 0.6 is 11.6 Å². The number of halogens is 1. The van der Waals surface area contributed by atoms with Crippen LogP contribution in [0.25, 0.3) is 11.4 Å². The third-order valence-electron chi connectivity index (χ3n) is 4.53. The summed E-state index contributed by atoms with van der Waals surface area (Å²) in [6.07, 6.45) is 1.40. The number of aryl methyl sites for hydroxylation is 1. The van der Waals surface area contributed by atoms with Gasteiger partial charge >= 0.3 is 0 Å². The van der Waals surface area contributed by atoms with Gasteiger partial charge in [0.1, 0.15) is 5.82 Å². The number of rotatable bonds is 5. The number of para-hydroxylation sites is 1. The maximum atomic E-state index is 12.5. The molecule has 0 radical (unpaired) electrons. The van der Waals surface area contributed by atoms with Crippen LogP contribution in [0.2, 0.25) is 5.02 Å². The lowest BCUT2D eigenvalue weighted by atomic mass is 9.98.